The largest absolute Gasteiger partial charge is 0.393 e. The van der Waals surface area contributed by atoms with Crippen molar-refractivity contribution in [3.63, 3.8) is 0 Å². The van der Waals surface area contributed by atoms with Gasteiger partial charge in [0, 0.05) is 12.1 Å². The van der Waals surface area contributed by atoms with Gasteiger partial charge in [-0.2, -0.15) is 0 Å². The van der Waals surface area contributed by atoms with Crippen LogP contribution in [0.15, 0.2) is 0 Å². The van der Waals surface area contributed by atoms with E-state index in [-0.39, 0.29) is 6.10 Å². The Hall–Kier alpha value is -0.120. The summed E-state index contributed by atoms with van der Waals surface area (Å²) in [6, 6.07) is 1.53. The average Bonchev–Trinajstić information content (AvgIpc) is 2.75. The van der Waals surface area contributed by atoms with Crippen LogP contribution in [0.1, 0.15) is 46.0 Å². The standard InChI is InChI=1S/C14H28N2O/c1-11(2)14(17)5-7-15-12-6-9-16-8-3-4-13(16)10-12/h11-15,17H,3-10H2,1-2H3. The highest BCUT2D eigenvalue weighted by atomic mass is 16.3. The van der Waals surface area contributed by atoms with E-state index in [0.29, 0.717) is 12.0 Å². The van der Waals surface area contributed by atoms with Crippen LogP contribution in [0.2, 0.25) is 0 Å². The zero-order chi connectivity index (χ0) is 12.3. The molecule has 3 unspecified atom stereocenters. The number of fused-ring (bicyclic) bond motifs is 1. The molecule has 3 nitrogen and oxygen atoms in total. The third-order valence-corrected chi connectivity index (χ3v) is 4.46. The maximum absolute atomic E-state index is 9.76. The van der Waals surface area contributed by atoms with Gasteiger partial charge in [-0.3, -0.25) is 0 Å². The summed E-state index contributed by atoms with van der Waals surface area (Å²) in [7, 11) is 0. The molecule has 0 spiro atoms. The molecule has 100 valence electrons. The number of hydrogen-bond donors (Lipinski definition) is 2. The van der Waals surface area contributed by atoms with Crippen LogP contribution >= 0.6 is 0 Å². The highest BCUT2D eigenvalue weighted by Crippen LogP contribution is 2.26. The lowest BCUT2D eigenvalue weighted by Gasteiger charge is -2.35. The smallest absolute Gasteiger partial charge is 0.0575 e. The van der Waals surface area contributed by atoms with Gasteiger partial charge in [0.05, 0.1) is 6.10 Å². The second-order valence-electron chi connectivity index (χ2n) is 6.11. The number of hydrogen-bond acceptors (Lipinski definition) is 3. The van der Waals surface area contributed by atoms with Crippen molar-refractivity contribution in [1.82, 2.24) is 10.2 Å². The molecule has 2 saturated heterocycles. The summed E-state index contributed by atoms with van der Waals surface area (Å²) in [6.07, 6.45) is 6.14. The normalized spacial score (nSPS) is 31.8. The molecule has 17 heavy (non-hydrogen) atoms. The molecule has 0 aromatic rings. The van der Waals surface area contributed by atoms with E-state index in [2.05, 4.69) is 24.1 Å². The molecule has 0 aromatic carbocycles. The quantitative estimate of drug-likeness (QED) is 0.766. The lowest BCUT2D eigenvalue weighted by Crippen LogP contribution is -2.46. The summed E-state index contributed by atoms with van der Waals surface area (Å²) >= 11 is 0. The zero-order valence-electron chi connectivity index (χ0n) is 11.4. The van der Waals surface area contributed by atoms with Crippen LogP contribution in [-0.4, -0.2) is 47.8 Å². The van der Waals surface area contributed by atoms with Gasteiger partial charge in [0.2, 0.25) is 0 Å². The maximum atomic E-state index is 9.76. The van der Waals surface area contributed by atoms with Gasteiger partial charge in [0.25, 0.3) is 0 Å². The van der Waals surface area contributed by atoms with Gasteiger partial charge in [0.15, 0.2) is 0 Å². The lowest BCUT2D eigenvalue weighted by molar-refractivity contribution is 0.111. The first-order chi connectivity index (χ1) is 8.16. The van der Waals surface area contributed by atoms with E-state index in [1.807, 2.05) is 0 Å². The third-order valence-electron chi connectivity index (χ3n) is 4.46. The minimum Gasteiger partial charge on any atom is -0.393 e. The fourth-order valence-electron chi connectivity index (χ4n) is 3.18. The van der Waals surface area contributed by atoms with Crippen molar-refractivity contribution in [3.8, 4) is 0 Å². The van der Waals surface area contributed by atoms with Gasteiger partial charge >= 0.3 is 0 Å². The van der Waals surface area contributed by atoms with E-state index >= 15 is 0 Å². The summed E-state index contributed by atoms with van der Waals surface area (Å²) in [5, 5.41) is 13.4. The van der Waals surface area contributed by atoms with Crippen LogP contribution in [0.5, 0.6) is 0 Å². The Balaban J connectivity index is 1.63. The lowest BCUT2D eigenvalue weighted by atomic mass is 9.97. The van der Waals surface area contributed by atoms with Gasteiger partial charge in [-0.1, -0.05) is 13.8 Å². The monoisotopic (exact) mass is 240 g/mol. The summed E-state index contributed by atoms with van der Waals surface area (Å²) < 4.78 is 0. The fraction of sp³-hybridized carbons (Fsp3) is 1.00. The molecule has 2 aliphatic heterocycles. The van der Waals surface area contributed by atoms with Gasteiger partial charge in [-0.25, -0.2) is 0 Å². The molecule has 2 N–H and O–H groups in total. The molecule has 0 radical (unpaired) electrons. The molecule has 0 aromatic heterocycles. The Labute approximate surface area is 106 Å². The molecular weight excluding hydrogens is 212 g/mol. The Morgan fingerprint density at radius 3 is 2.88 bits per heavy atom. The van der Waals surface area contributed by atoms with Gasteiger partial charge in [-0.05, 0) is 57.7 Å². The Bertz CT molecular complexity index is 232. The van der Waals surface area contributed by atoms with E-state index in [1.165, 1.54) is 38.8 Å². The van der Waals surface area contributed by atoms with Crippen LogP contribution in [0.3, 0.4) is 0 Å². The first kappa shape index (κ1) is 13.3. The Morgan fingerprint density at radius 2 is 2.12 bits per heavy atom. The van der Waals surface area contributed by atoms with Crippen molar-refractivity contribution in [2.75, 3.05) is 19.6 Å². The molecule has 2 aliphatic rings. The zero-order valence-corrected chi connectivity index (χ0v) is 11.4. The van der Waals surface area contributed by atoms with E-state index in [4.69, 9.17) is 0 Å². The van der Waals surface area contributed by atoms with Gasteiger partial charge in [0.1, 0.15) is 0 Å². The summed E-state index contributed by atoms with van der Waals surface area (Å²) in [4.78, 5) is 2.65. The van der Waals surface area contributed by atoms with E-state index in [1.54, 1.807) is 0 Å². The van der Waals surface area contributed by atoms with Crippen LogP contribution in [0.25, 0.3) is 0 Å². The first-order valence-corrected chi connectivity index (χ1v) is 7.32. The molecule has 2 heterocycles. The van der Waals surface area contributed by atoms with Gasteiger partial charge < -0.3 is 15.3 Å². The highest BCUT2D eigenvalue weighted by Gasteiger charge is 2.31. The number of aliphatic hydroxyl groups excluding tert-OH is 1. The van der Waals surface area contributed by atoms with E-state index in [9.17, 15) is 5.11 Å². The molecule has 0 amide bonds. The third kappa shape index (κ3) is 3.67. The summed E-state index contributed by atoms with van der Waals surface area (Å²) in [5.41, 5.74) is 0. The predicted octanol–water partition coefficient (Wildman–Crippen LogP) is 1.61. The molecular formula is C14H28N2O. The molecule has 0 saturated carbocycles. The SMILES string of the molecule is CC(C)C(O)CCNC1CCN2CCCC2C1. The number of piperidine rings is 1. The molecule has 2 rings (SSSR count). The van der Waals surface area contributed by atoms with Crippen LogP contribution in [0, 0.1) is 5.92 Å². The maximum Gasteiger partial charge on any atom is 0.0575 e. The highest BCUT2D eigenvalue weighted by molar-refractivity contribution is 4.89. The topological polar surface area (TPSA) is 35.5 Å². The second-order valence-corrected chi connectivity index (χ2v) is 6.11. The fourth-order valence-corrected chi connectivity index (χ4v) is 3.18. The first-order valence-electron chi connectivity index (χ1n) is 7.32. The molecule has 3 atom stereocenters. The van der Waals surface area contributed by atoms with Crippen molar-refractivity contribution >= 4 is 0 Å². The number of nitrogens with zero attached hydrogens (tertiary/aromatic N) is 1. The molecule has 3 heteroatoms. The average molecular weight is 240 g/mol. The Morgan fingerprint density at radius 1 is 1.29 bits per heavy atom. The number of rotatable bonds is 5. The van der Waals surface area contributed by atoms with Crippen LogP contribution in [0.4, 0.5) is 0 Å². The molecule has 0 bridgehead atoms. The Kier molecular flexibility index (Phi) is 4.83. The van der Waals surface area contributed by atoms with Crippen LogP contribution in [-0.2, 0) is 0 Å². The predicted molar refractivity (Wildman–Crippen MR) is 71.1 cm³/mol. The van der Waals surface area contributed by atoms with Crippen molar-refractivity contribution < 1.29 is 5.11 Å². The van der Waals surface area contributed by atoms with Crippen molar-refractivity contribution in [2.24, 2.45) is 5.92 Å². The number of nitrogens with one attached hydrogen (secondary N) is 1. The minimum atomic E-state index is -0.144. The van der Waals surface area contributed by atoms with Crippen molar-refractivity contribution in [2.45, 2.75) is 64.1 Å². The summed E-state index contributed by atoms with van der Waals surface area (Å²) in [6.45, 7) is 7.73. The molecule has 0 aliphatic carbocycles. The van der Waals surface area contributed by atoms with Crippen molar-refractivity contribution in [3.05, 3.63) is 0 Å². The van der Waals surface area contributed by atoms with Gasteiger partial charge in [-0.15, -0.1) is 0 Å². The molecule has 2 fully saturated rings. The minimum absolute atomic E-state index is 0.144. The number of aliphatic hydroxyl groups is 1. The van der Waals surface area contributed by atoms with E-state index in [0.717, 1.165) is 19.0 Å². The van der Waals surface area contributed by atoms with E-state index < -0.39 is 0 Å². The summed E-state index contributed by atoms with van der Waals surface area (Å²) in [5.74, 6) is 0.383. The second kappa shape index (κ2) is 6.17. The van der Waals surface area contributed by atoms with Crippen molar-refractivity contribution in [1.29, 1.82) is 0 Å². The van der Waals surface area contributed by atoms with Crippen LogP contribution < -0.4 is 5.32 Å².